The van der Waals surface area contributed by atoms with Gasteiger partial charge in [0, 0.05) is 17.8 Å². The van der Waals surface area contributed by atoms with Crippen LogP contribution in [0.4, 0.5) is 0 Å². The summed E-state index contributed by atoms with van der Waals surface area (Å²) in [6, 6.07) is 11.0. The van der Waals surface area contributed by atoms with E-state index >= 15 is 0 Å². The van der Waals surface area contributed by atoms with Crippen LogP contribution in [0.25, 0.3) is 22.5 Å². The molecule has 0 fully saturated rings. The second kappa shape index (κ2) is 5.61. The first-order chi connectivity index (χ1) is 10.2. The van der Waals surface area contributed by atoms with Crippen LogP contribution in [-0.2, 0) is 0 Å². The van der Waals surface area contributed by atoms with Gasteiger partial charge in [-0.25, -0.2) is 0 Å². The van der Waals surface area contributed by atoms with E-state index in [2.05, 4.69) is 80.4 Å². The van der Waals surface area contributed by atoms with E-state index in [0.29, 0.717) is 5.92 Å². The predicted octanol–water partition coefficient (Wildman–Crippen LogP) is 5.11. The maximum Gasteiger partial charge on any atom is 0.0346 e. The van der Waals surface area contributed by atoms with Crippen LogP contribution >= 0.6 is 0 Å². The highest BCUT2D eigenvalue weighted by molar-refractivity contribution is 6.00. The van der Waals surface area contributed by atoms with Crippen LogP contribution < -0.4 is 5.32 Å². The van der Waals surface area contributed by atoms with Crippen LogP contribution in [0.5, 0.6) is 0 Å². The highest BCUT2D eigenvalue weighted by Crippen LogP contribution is 2.35. The number of rotatable bonds is 3. The Hall–Kier alpha value is -2.28. The van der Waals surface area contributed by atoms with Gasteiger partial charge in [0.05, 0.1) is 0 Å². The average Bonchev–Trinajstić information content (AvgIpc) is 2.49. The van der Waals surface area contributed by atoms with E-state index in [1.807, 2.05) is 0 Å². The number of hydrogen-bond donors (Lipinski definition) is 1. The molecule has 21 heavy (non-hydrogen) atoms. The SMILES string of the molecule is C=C(NCC)c1ccc2c3c(cccc13)/C=C/C=CC2C. The highest BCUT2D eigenvalue weighted by atomic mass is 14.9. The van der Waals surface area contributed by atoms with Gasteiger partial charge in [-0.15, -0.1) is 0 Å². The molecule has 0 heterocycles. The zero-order valence-electron chi connectivity index (χ0n) is 12.7. The van der Waals surface area contributed by atoms with Crippen molar-refractivity contribution < 1.29 is 0 Å². The Morgan fingerprint density at radius 1 is 1.19 bits per heavy atom. The molecule has 0 aliphatic heterocycles. The average molecular weight is 275 g/mol. The van der Waals surface area contributed by atoms with Crippen molar-refractivity contribution >= 4 is 22.5 Å². The van der Waals surface area contributed by atoms with Gasteiger partial charge >= 0.3 is 0 Å². The van der Waals surface area contributed by atoms with E-state index in [4.69, 9.17) is 0 Å². The van der Waals surface area contributed by atoms with E-state index in [1.165, 1.54) is 27.5 Å². The van der Waals surface area contributed by atoms with Crippen molar-refractivity contribution in [1.82, 2.24) is 5.32 Å². The second-order valence-corrected chi connectivity index (χ2v) is 5.51. The minimum atomic E-state index is 0.417. The molecular formula is C20H21N. The lowest BCUT2D eigenvalue weighted by atomic mass is 9.87. The molecule has 3 rings (SSSR count). The topological polar surface area (TPSA) is 12.0 Å². The van der Waals surface area contributed by atoms with Crippen molar-refractivity contribution in [3.8, 4) is 0 Å². The summed E-state index contributed by atoms with van der Waals surface area (Å²) < 4.78 is 0. The van der Waals surface area contributed by atoms with Gasteiger partial charge in [-0.2, -0.15) is 0 Å². The Labute approximate surface area is 126 Å². The summed E-state index contributed by atoms with van der Waals surface area (Å²) >= 11 is 0. The monoisotopic (exact) mass is 275 g/mol. The Kier molecular flexibility index (Phi) is 3.66. The van der Waals surface area contributed by atoms with E-state index in [1.54, 1.807) is 0 Å². The molecule has 0 saturated heterocycles. The molecule has 1 aliphatic rings. The maximum atomic E-state index is 4.19. The molecule has 1 nitrogen and oxygen atoms in total. The molecule has 1 aliphatic carbocycles. The lowest BCUT2D eigenvalue weighted by molar-refractivity contribution is 0.942. The molecule has 0 spiro atoms. The number of allylic oxidation sites excluding steroid dienone is 3. The first kappa shape index (κ1) is 13.7. The van der Waals surface area contributed by atoms with Gasteiger partial charge in [-0.05, 0) is 34.7 Å². The third kappa shape index (κ3) is 2.40. The Morgan fingerprint density at radius 3 is 2.86 bits per heavy atom. The van der Waals surface area contributed by atoms with Crippen molar-refractivity contribution in [3.63, 3.8) is 0 Å². The summed E-state index contributed by atoms with van der Waals surface area (Å²) in [5.41, 5.74) is 4.86. The molecule has 0 bridgehead atoms. The lowest BCUT2D eigenvalue weighted by Crippen LogP contribution is -2.10. The van der Waals surface area contributed by atoms with Crippen LogP contribution in [0, 0.1) is 0 Å². The van der Waals surface area contributed by atoms with Crippen molar-refractivity contribution in [2.45, 2.75) is 19.8 Å². The Morgan fingerprint density at radius 2 is 2.05 bits per heavy atom. The molecule has 1 heteroatoms. The van der Waals surface area contributed by atoms with Crippen LogP contribution in [0.3, 0.4) is 0 Å². The summed E-state index contributed by atoms with van der Waals surface area (Å²) in [5, 5.41) is 5.97. The van der Waals surface area contributed by atoms with Crippen LogP contribution in [0.1, 0.15) is 36.5 Å². The van der Waals surface area contributed by atoms with E-state index in [9.17, 15) is 0 Å². The van der Waals surface area contributed by atoms with Crippen molar-refractivity contribution in [2.24, 2.45) is 0 Å². The molecule has 0 amide bonds. The van der Waals surface area contributed by atoms with Gasteiger partial charge in [-0.1, -0.05) is 68.1 Å². The second-order valence-electron chi connectivity index (χ2n) is 5.51. The summed E-state index contributed by atoms with van der Waals surface area (Å²) in [6.07, 6.45) is 8.70. The normalized spacial score (nSPS) is 18.1. The molecule has 2 aromatic rings. The van der Waals surface area contributed by atoms with E-state index < -0.39 is 0 Å². The minimum absolute atomic E-state index is 0.417. The van der Waals surface area contributed by atoms with E-state index in [-0.39, 0.29) is 0 Å². The van der Waals surface area contributed by atoms with E-state index in [0.717, 1.165) is 12.2 Å². The van der Waals surface area contributed by atoms with Gasteiger partial charge < -0.3 is 5.32 Å². The Bertz CT molecular complexity index is 750. The zero-order chi connectivity index (χ0) is 14.8. The number of nitrogens with one attached hydrogen (secondary N) is 1. The largest absolute Gasteiger partial charge is 0.385 e. The van der Waals surface area contributed by atoms with Gasteiger partial charge in [0.15, 0.2) is 0 Å². The molecule has 2 aromatic carbocycles. The molecule has 0 aromatic heterocycles. The van der Waals surface area contributed by atoms with Crippen molar-refractivity contribution in [1.29, 1.82) is 0 Å². The van der Waals surface area contributed by atoms with Gasteiger partial charge in [0.2, 0.25) is 0 Å². The first-order valence-corrected chi connectivity index (χ1v) is 7.56. The third-order valence-corrected chi connectivity index (χ3v) is 4.10. The number of benzene rings is 2. The maximum absolute atomic E-state index is 4.19. The summed E-state index contributed by atoms with van der Waals surface area (Å²) in [4.78, 5) is 0. The molecule has 1 N–H and O–H groups in total. The molecule has 1 atom stereocenters. The van der Waals surface area contributed by atoms with Crippen LogP contribution in [0.2, 0.25) is 0 Å². The molecular weight excluding hydrogens is 254 g/mol. The third-order valence-electron chi connectivity index (χ3n) is 4.10. The molecule has 0 radical (unpaired) electrons. The lowest BCUT2D eigenvalue weighted by Gasteiger charge is -2.19. The van der Waals surface area contributed by atoms with Gasteiger partial charge in [0.1, 0.15) is 0 Å². The molecule has 0 saturated carbocycles. The smallest absolute Gasteiger partial charge is 0.0346 e. The zero-order valence-corrected chi connectivity index (χ0v) is 12.7. The molecule has 106 valence electrons. The minimum Gasteiger partial charge on any atom is -0.385 e. The predicted molar refractivity (Wildman–Crippen MR) is 93.2 cm³/mol. The summed E-state index contributed by atoms with van der Waals surface area (Å²) in [7, 11) is 0. The number of hydrogen-bond acceptors (Lipinski definition) is 1. The highest BCUT2D eigenvalue weighted by Gasteiger charge is 2.14. The standard InChI is InChI=1S/C20H21N/c1-4-21-15(3)18-13-12-17-14(2)8-5-6-9-16-10-7-11-19(18)20(16)17/h5-14,21H,3-4H2,1-2H3/b8-5?,9-6+. The fraction of sp³-hybridized carbons (Fsp3) is 0.200. The summed E-state index contributed by atoms with van der Waals surface area (Å²) in [6.45, 7) is 9.42. The van der Waals surface area contributed by atoms with Crippen molar-refractivity contribution in [3.05, 3.63) is 71.8 Å². The fourth-order valence-corrected chi connectivity index (χ4v) is 3.05. The van der Waals surface area contributed by atoms with Gasteiger partial charge in [-0.3, -0.25) is 0 Å². The fourth-order valence-electron chi connectivity index (χ4n) is 3.05. The Balaban J connectivity index is 2.32. The first-order valence-electron chi connectivity index (χ1n) is 7.56. The van der Waals surface area contributed by atoms with Crippen molar-refractivity contribution in [2.75, 3.05) is 6.54 Å². The molecule has 1 unspecified atom stereocenters. The summed E-state index contributed by atoms with van der Waals surface area (Å²) in [5.74, 6) is 0.417. The quantitative estimate of drug-likeness (QED) is 0.821. The van der Waals surface area contributed by atoms with Crippen LogP contribution in [-0.4, -0.2) is 6.54 Å². The van der Waals surface area contributed by atoms with Crippen LogP contribution in [0.15, 0.2) is 55.1 Å². The van der Waals surface area contributed by atoms with Gasteiger partial charge in [0.25, 0.3) is 0 Å².